The largest absolute Gasteiger partial charge is 0.398 e. The summed E-state index contributed by atoms with van der Waals surface area (Å²) in [4.78, 5) is 0.297. The van der Waals surface area contributed by atoms with Gasteiger partial charge in [0.25, 0.3) is 0 Å². The molecule has 0 spiro atoms. The van der Waals surface area contributed by atoms with E-state index in [1.807, 2.05) is 13.8 Å². The van der Waals surface area contributed by atoms with E-state index in [4.69, 9.17) is 5.73 Å². The molecule has 0 unspecified atom stereocenters. The standard InChI is InChI=1S/C13H21BrN2O2S/c1-4-6-7-16(5-2)19(17,18)13-9-12(15)11(14)8-10(13)3/h8-9H,4-7,15H2,1-3H3. The Kier molecular flexibility index (Phi) is 5.82. The third-order valence-corrected chi connectivity index (χ3v) is 5.83. The van der Waals surface area contributed by atoms with Crippen LogP contribution in [0.15, 0.2) is 21.5 Å². The molecule has 0 aliphatic rings. The van der Waals surface area contributed by atoms with Gasteiger partial charge >= 0.3 is 0 Å². The number of nitrogens with zero attached hydrogens (tertiary/aromatic N) is 1. The minimum absolute atomic E-state index is 0.297. The Balaban J connectivity index is 3.22. The molecule has 1 aromatic carbocycles. The fourth-order valence-electron chi connectivity index (χ4n) is 1.87. The smallest absolute Gasteiger partial charge is 0.243 e. The van der Waals surface area contributed by atoms with E-state index in [0.717, 1.165) is 17.3 Å². The van der Waals surface area contributed by atoms with Crippen molar-refractivity contribution in [3.63, 3.8) is 0 Å². The lowest BCUT2D eigenvalue weighted by Gasteiger charge is -2.21. The first-order valence-electron chi connectivity index (χ1n) is 6.40. The van der Waals surface area contributed by atoms with Crippen molar-refractivity contribution in [2.24, 2.45) is 0 Å². The summed E-state index contributed by atoms with van der Waals surface area (Å²) >= 11 is 3.31. The average molecular weight is 349 g/mol. The number of rotatable bonds is 6. The van der Waals surface area contributed by atoms with Crippen LogP contribution in [0.3, 0.4) is 0 Å². The van der Waals surface area contributed by atoms with E-state index in [9.17, 15) is 8.42 Å². The molecule has 0 atom stereocenters. The van der Waals surface area contributed by atoms with Crippen LogP contribution in [-0.4, -0.2) is 25.8 Å². The first-order chi connectivity index (χ1) is 8.84. The molecular formula is C13H21BrN2O2S. The number of aryl methyl sites for hydroxylation is 1. The SMILES string of the molecule is CCCCN(CC)S(=O)(=O)c1cc(N)c(Br)cc1C. The molecule has 1 rings (SSSR count). The second kappa shape index (κ2) is 6.72. The molecule has 0 aliphatic carbocycles. The first kappa shape index (κ1) is 16.5. The lowest BCUT2D eigenvalue weighted by atomic mass is 10.2. The molecular weight excluding hydrogens is 328 g/mol. The third-order valence-electron chi connectivity index (χ3n) is 3.03. The Morgan fingerprint density at radius 3 is 2.47 bits per heavy atom. The highest BCUT2D eigenvalue weighted by molar-refractivity contribution is 9.10. The van der Waals surface area contributed by atoms with Gasteiger partial charge in [-0.05, 0) is 47.0 Å². The zero-order valence-corrected chi connectivity index (χ0v) is 14.0. The number of halogens is 1. The minimum Gasteiger partial charge on any atom is -0.398 e. The van der Waals surface area contributed by atoms with Gasteiger partial charge in [-0.25, -0.2) is 8.42 Å². The second-order valence-electron chi connectivity index (χ2n) is 4.49. The van der Waals surface area contributed by atoms with Gasteiger partial charge in [-0.1, -0.05) is 20.3 Å². The Hall–Kier alpha value is -0.590. The molecule has 6 heteroatoms. The third kappa shape index (κ3) is 3.70. The predicted molar refractivity (Wildman–Crippen MR) is 82.6 cm³/mol. The highest BCUT2D eigenvalue weighted by Gasteiger charge is 2.25. The van der Waals surface area contributed by atoms with Gasteiger partial charge in [0.05, 0.1) is 4.90 Å². The summed E-state index contributed by atoms with van der Waals surface area (Å²) in [6.07, 6.45) is 1.83. The average Bonchev–Trinajstić information content (AvgIpc) is 2.34. The van der Waals surface area contributed by atoms with Gasteiger partial charge in [-0.3, -0.25) is 0 Å². The maximum Gasteiger partial charge on any atom is 0.243 e. The van der Waals surface area contributed by atoms with Crippen LogP contribution < -0.4 is 5.73 Å². The van der Waals surface area contributed by atoms with Crippen LogP contribution in [0.2, 0.25) is 0 Å². The number of sulfonamides is 1. The highest BCUT2D eigenvalue weighted by atomic mass is 79.9. The van der Waals surface area contributed by atoms with Crippen LogP contribution in [-0.2, 0) is 10.0 Å². The number of benzene rings is 1. The molecule has 0 aliphatic heterocycles. The predicted octanol–water partition coefficient (Wildman–Crippen LogP) is 3.15. The number of nitrogen functional groups attached to an aromatic ring is 1. The van der Waals surface area contributed by atoms with Crippen molar-refractivity contribution < 1.29 is 8.42 Å². The molecule has 1 aromatic rings. The maximum atomic E-state index is 12.6. The fraction of sp³-hybridized carbons (Fsp3) is 0.538. The summed E-state index contributed by atoms with van der Waals surface area (Å²) in [6, 6.07) is 3.28. The molecule has 0 saturated carbocycles. The van der Waals surface area contributed by atoms with Gasteiger partial charge in [0.2, 0.25) is 10.0 Å². The van der Waals surface area contributed by atoms with Gasteiger partial charge in [-0.15, -0.1) is 0 Å². The molecule has 0 radical (unpaired) electrons. The summed E-state index contributed by atoms with van der Waals surface area (Å²) in [7, 11) is -3.46. The second-order valence-corrected chi connectivity index (χ2v) is 7.25. The molecule has 0 amide bonds. The van der Waals surface area contributed by atoms with Crippen molar-refractivity contribution in [1.29, 1.82) is 0 Å². The molecule has 108 valence electrons. The Morgan fingerprint density at radius 2 is 1.95 bits per heavy atom. The van der Waals surface area contributed by atoms with Crippen LogP contribution in [0.5, 0.6) is 0 Å². The van der Waals surface area contributed by atoms with Crippen molar-refractivity contribution >= 4 is 31.6 Å². The molecule has 0 heterocycles. The minimum atomic E-state index is -3.46. The number of hydrogen-bond acceptors (Lipinski definition) is 3. The fourth-order valence-corrected chi connectivity index (χ4v) is 4.06. The van der Waals surface area contributed by atoms with Crippen LogP contribution in [0.1, 0.15) is 32.3 Å². The normalized spacial score (nSPS) is 12.1. The lowest BCUT2D eigenvalue weighted by Crippen LogP contribution is -2.32. The number of nitrogens with two attached hydrogens (primary N) is 1. The van der Waals surface area contributed by atoms with Gasteiger partial charge in [-0.2, -0.15) is 4.31 Å². The van der Waals surface area contributed by atoms with Gasteiger partial charge in [0.15, 0.2) is 0 Å². The van der Waals surface area contributed by atoms with Crippen molar-refractivity contribution in [2.75, 3.05) is 18.8 Å². The van der Waals surface area contributed by atoms with Crippen LogP contribution in [0.25, 0.3) is 0 Å². The molecule has 0 saturated heterocycles. The van der Waals surface area contributed by atoms with Gasteiger partial charge in [0.1, 0.15) is 0 Å². The number of anilines is 1. The first-order valence-corrected chi connectivity index (χ1v) is 8.63. The molecule has 4 nitrogen and oxygen atoms in total. The summed E-state index contributed by atoms with van der Waals surface area (Å²) in [5.41, 5.74) is 6.94. The zero-order chi connectivity index (χ0) is 14.6. The van der Waals surface area contributed by atoms with Gasteiger partial charge < -0.3 is 5.73 Å². The number of hydrogen-bond donors (Lipinski definition) is 1. The number of unbranched alkanes of at least 4 members (excludes halogenated alkanes) is 1. The molecule has 19 heavy (non-hydrogen) atoms. The van der Waals surface area contributed by atoms with Crippen LogP contribution in [0, 0.1) is 6.92 Å². The monoisotopic (exact) mass is 348 g/mol. The van der Waals surface area contributed by atoms with E-state index in [-0.39, 0.29) is 0 Å². The molecule has 0 fully saturated rings. The van der Waals surface area contributed by atoms with Crippen LogP contribution in [0.4, 0.5) is 5.69 Å². The van der Waals surface area contributed by atoms with Crippen molar-refractivity contribution in [3.05, 3.63) is 22.2 Å². The van der Waals surface area contributed by atoms with E-state index in [1.165, 1.54) is 10.4 Å². The summed E-state index contributed by atoms with van der Waals surface area (Å²) < 4.78 is 27.4. The van der Waals surface area contributed by atoms with E-state index >= 15 is 0 Å². The summed E-state index contributed by atoms with van der Waals surface area (Å²) in [5.74, 6) is 0. The van der Waals surface area contributed by atoms with Crippen molar-refractivity contribution in [3.8, 4) is 0 Å². The highest BCUT2D eigenvalue weighted by Crippen LogP contribution is 2.28. The molecule has 0 aromatic heterocycles. The topological polar surface area (TPSA) is 63.4 Å². The maximum absolute atomic E-state index is 12.6. The van der Waals surface area contributed by atoms with E-state index in [0.29, 0.717) is 29.2 Å². The Morgan fingerprint density at radius 1 is 1.32 bits per heavy atom. The van der Waals surface area contributed by atoms with Crippen LogP contribution >= 0.6 is 15.9 Å². The Labute approximate surface area is 124 Å². The van der Waals surface area contributed by atoms with E-state index in [2.05, 4.69) is 15.9 Å². The van der Waals surface area contributed by atoms with E-state index < -0.39 is 10.0 Å². The molecule has 0 bridgehead atoms. The zero-order valence-electron chi connectivity index (χ0n) is 11.6. The summed E-state index contributed by atoms with van der Waals surface area (Å²) in [6.45, 7) is 6.70. The van der Waals surface area contributed by atoms with E-state index in [1.54, 1.807) is 13.0 Å². The van der Waals surface area contributed by atoms with Crippen molar-refractivity contribution in [1.82, 2.24) is 4.31 Å². The quantitative estimate of drug-likeness (QED) is 0.803. The Bertz CT molecular complexity index is 544. The lowest BCUT2D eigenvalue weighted by molar-refractivity contribution is 0.418. The van der Waals surface area contributed by atoms with Gasteiger partial charge in [0, 0.05) is 23.2 Å². The molecule has 2 N–H and O–H groups in total. The summed E-state index contributed by atoms with van der Waals surface area (Å²) in [5, 5.41) is 0. The van der Waals surface area contributed by atoms with Crippen molar-refractivity contribution in [2.45, 2.75) is 38.5 Å².